The highest BCUT2D eigenvalue weighted by atomic mass is 32.2. The molecule has 0 bridgehead atoms. The van der Waals surface area contributed by atoms with Gasteiger partial charge in [-0.05, 0) is 43.0 Å². The lowest BCUT2D eigenvalue weighted by atomic mass is 10.2. The van der Waals surface area contributed by atoms with Gasteiger partial charge < -0.3 is 5.11 Å². The first-order valence-electron chi connectivity index (χ1n) is 6.07. The van der Waals surface area contributed by atoms with Gasteiger partial charge >= 0.3 is 5.97 Å². The number of carbonyl (C=O) groups is 1. The molecule has 0 spiro atoms. The number of aliphatic carboxylic acids is 1. The van der Waals surface area contributed by atoms with Gasteiger partial charge in [0.25, 0.3) is 0 Å². The molecule has 1 saturated carbocycles. The van der Waals surface area contributed by atoms with Crippen LogP contribution in [-0.4, -0.2) is 25.2 Å². The summed E-state index contributed by atoms with van der Waals surface area (Å²) >= 11 is 0. The summed E-state index contributed by atoms with van der Waals surface area (Å²) in [5, 5.41) is 8.46. The smallest absolute Gasteiger partial charge is 0.328 e. The molecule has 1 fully saturated rings. The molecule has 0 heterocycles. The van der Waals surface area contributed by atoms with Gasteiger partial charge in [-0.15, -0.1) is 0 Å². The van der Waals surface area contributed by atoms with Crippen LogP contribution in [0.4, 0.5) is 10.1 Å². The molecule has 2 N–H and O–H groups in total. The first-order chi connectivity index (χ1) is 9.35. The number of anilines is 1. The second-order valence-electron chi connectivity index (χ2n) is 4.73. The van der Waals surface area contributed by atoms with Gasteiger partial charge in [-0.2, -0.15) is 0 Å². The largest absolute Gasteiger partial charge is 0.478 e. The topological polar surface area (TPSA) is 83.5 Å². The SMILES string of the molecule is O=C(O)C=Cc1ccc(NS(=O)(=O)CC2CC2)cc1F. The van der Waals surface area contributed by atoms with Crippen molar-refractivity contribution in [3.63, 3.8) is 0 Å². The number of hydrogen-bond acceptors (Lipinski definition) is 3. The number of halogens is 1. The Labute approximate surface area is 116 Å². The van der Waals surface area contributed by atoms with Crippen LogP contribution in [0.1, 0.15) is 18.4 Å². The van der Waals surface area contributed by atoms with Crippen molar-refractivity contribution in [3.8, 4) is 0 Å². The lowest BCUT2D eigenvalue weighted by Crippen LogP contribution is -2.17. The lowest BCUT2D eigenvalue weighted by molar-refractivity contribution is -0.131. The van der Waals surface area contributed by atoms with Crippen LogP contribution >= 0.6 is 0 Å². The van der Waals surface area contributed by atoms with Crippen LogP contribution in [0.3, 0.4) is 0 Å². The van der Waals surface area contributed by atoms with E-state index in [9.17, 15) is 17.6 Å². The maximum atomic E-state index is 13.7. The average molecular weight is 299 g/mol. The van der Waals surface area contributed by atoms with Gasteiger partial charge in [0, 0.05) is 11.6 Å². The van der Waals surface area contributed by atoms with E-state index < -0.39 is 21.8 Å². The minimum Gasteiger partial charge on any atom is -0.478 e. The summed E-state index contributed by atoms with van der Waals surface area (Å²) in [4.78, 5) is 10.3. The molecular formula is C13H14FNO4S. The maximum Gasteiger partial charge on any atom is 0.328 e. The molecule has 0 amide bonds. The summed E-state index contributed by atoms with van der Waals surface area (Å²) in [5.74, 6) is -1.61. The monoisotopic (exact) mass is 299 g/mol. The molecule has 1 aliphatic rings. The molecule has 0 saturated heterocycles. The third-order valence-electron chi connectivity index (χ3n) is 2.83. The third kappa shape index (κ3) is 4.34. The Hall–Kier alpha value is -1.89. The van der Waals surface area contributed by atoms with Crippen LogP contribution in [0.15, 0.2) is 24.3 Å². The van der Waals surface area contributed by atoms with Crippen molar-refractivity contribution in [1.29, 1.82) is 0 Å². The van der Waals surface area contributed by atoms with E-state index in [1.807, 2.05) is 0 Å². The van der Waals surface area contributed by atoms with Gasteiger partial charge in [0.05, 0.1) is 11.4 Å². The fourth-order valence-corrected chi connectivity index (χ4v) is 3.23. The van der Waals surface area contributed by atoms with Crippen molar-refractivity contribution in [1.82, 2.24) is 0 Å². The van der Waals surface area contributed by atoms with E-state index in [1.54, 1.807) is 0 Å². The molecule has 108 valence electrons. The highest BCUT2D eigenvalue weighted by Crippen LogP contribution is 2.30. The van der Waals surface area contributed by atoms with E-state index in [-0.39, 0.29) is 22.9 Å². The van der Waals surface area contributed by atoms with Crippen molar-refractivity contribution in [2.45, 2.75) is 12.8 Å². The summed E-state index contributed by atoms with van der Waals surface area (Å²) in [7, 11) is -3.46. The van der Waals surface area contributed by atoms with Crippen molar-refractivity contribution < 1.29 is 22.7 Å². The molecule has 0 unspecified atom stereocenters. The first-order valence-corrected chi connectivity index (χ1v) is 7.72. The predicted molar refractivity (Wildman–Crippen MR) is 73.2 cm³/mol. The van der Waals surface area contributed by atoms with Crippen molar-refractivity contribution >= 4 is 27.8 Å². The molecule has 1 aromatic carbocycles. The highest BCUT2D eigenvalue weighted by molar-refractivity contribution is 7.92. The number of carboxylic acid groups (broad SMARTS) is 1. The predicted octanol–water partition coefficient (Wildman–Crippen LogP) is 2.08. The van der Waals surface area contributed by atoms with Crippen LogP contribution in [0.5, 0.6) is 0 Å². The van der Waals surface area contributed by atoms with Crippen molar-refractivity contribution in [2.24, 2.45) is 5.92 Å². The fourth-order valence-electron chi connectivity index (χ4n) is 1.70. The lowest BCUT2D eigenvalue weighted by Gasteiger charge is -2.08. The summed E-state index contributed by atoms with van der Waals surface area (Å²) in [6, 6.07) is 3.75. The first kappa shape index (κ1) is 14.5. The molecule has 1 aliphatic carbocycles. The molecule has 0 radical (unpaired) electrons. The second kappa shape index (κ2) is 5.62. The number of sulfonamides is 1. The van der Waals surface area contributed by atoms with Crippen LogP contribution < -0.4 is 4.72 Å². The number of carboxylic acids is 1. The molecule has 0 aromatic heterocycles. The van der Waals surface area contributed by atoms with E-state index in [4.69, 9.17) is 5.11 Å². The molecular weight excluding hydrogens is 285 g/mol. The van der Waals surface area contributed by atoms with Gasteiger partial charge in [-0.25, -0.2) is 17.6 Å². The van der Waals surface area contributed by atoms with Crippen LogP contribution in [0.2, 0.25) is 0 Å². The Balaban J connectivity index is 2.10. The van der Waals surface area contributed by atoms with E-state index in [0.29, 0.717) is 0 Å². The van der Waals surface area contributed by atoms with E-state index in [1.165, 1.54) is 12.1 Å². The van der Waals surface area contributed by atoms with Gasteiger partial charge in [0.1, 0.15) is 5.82 Å². The summed E-state index contributed by atoms with van der Waals surface area (Å²) in [6.45, 7) is 0. The second-order valence-corrected chi connectivity index (χ2v) is 6.50. The Morgan fingerprint density at radius 3 is 2.70 bits per heavy atom. The van der Waals surface area contributed by atoms with Crippen molar-refractivity contribution in [2.75, 3.05) is 10.5 Å². The number of benzene rings is 1. The molecule has 7 heteroatoms. The Bertz CT molecular complexity index is 650. The summed E-state index contributed by atoms with van der Waals surface area (Å²) in [5.41, 5.74) is 0.216. The zero-order valence-electron chi connectivity index (χ0n) is 10.5. The minimum atomic E-state index is -3.46. The quantitative estimate of drug-likeness (QED) is 0.788. The summed E-state index contributed by atoms with van der Waals surface area (Å²) < 4.78 is 39.5. The number of nitrogens with one attached hydrogen (secondary N) is 1. The minimum absolute atomic E-state index is 0.0509. The summed E-state index contributed by atoms with van der Waals surface area (Å²) in [6.07, 6.45) is 3.75. The van der Waals surface area contributed by atoms with Crippen molar-refractivity contribution in [3.05, 3.63) is 35.7 Å². The van der Waals surface area contributed by atoms with Gasteiger partial charge in [-0.3, -0.25) is 4.72 Å². The van der Waals surface area contributed by atoms with E-state index in [2.05, 4.69) is 4.72 Å². The average Bonchev–Trinajstić information content (AvgIpc) is 3.10. The number of rotatable bonds is 6. The fraction of sp³-hybridized carbons (Fsp3) is 0.308. The zero-order valence-corrected chi connectivity index (χ0v) is 11.4. The molecule has 1 aromatic rings. The van der Waals surface area contributed by atoms with Crippen LogP contribution in [0, 0.1) is 11.7 Å². The van der Waals surface area contributed by atoms with E-state index >= 15 is 0 Å². The van der Waals surface area contributed by atoms with Gasteiger partial charge in [0.2, 0.25) is 10.0 Å². The highest BCUT2D eigenvalue weighted by Gasteiger charge is 2.28. The Kier molecular flexibility index (Phi) is 4.08. The van der Waals surface area contributed by atoms with Gasteiger partial charge in [-0.1, -0.05) is 0 Å². The standard InChI is InChI=1S/C13H14FNO4S/c14-12-7-11(5-3-10(12)4-6-13(16)17)15-20(18,19)8-9-1-2-9/h3-7,9,15H,1-2,8H2,(H,16,17). The Morgan fingerprint density at radius 1 is 1.45 bits per heavy atom. The molecule has 5 nitrogen and oxygen atoms in total. The van der Waals surface area contributed by atoms with E-state index in [0.717, 1.165) is 31.1 Å². The van der Waals surface area contributed by atoms with Crippen LogP contribution in [0.25, 0.3) is 6.08 Å². The maximum absolute atomic E-state index is 13.7. The van der Waals surface area contributed by atoms with Crippen LogP contribution in [-0.2, 0) is 14.8 Å². The number of hydrogen-bond donors (Lipinski definition) is 2. The normalized spacial score (nSPS) is 15.4. The molecule has 2 rings (SSSR count). The third-order valence-corrected chi connectivity index (χ3v) is 4.29. The Morgan fingerprint density at radius 2 is 2.15 bits per heavy atom. The molecule has 20 heavy (non-hydrogen) atoms. The zero-order chi connectivity index (χ0) is 14.8. The molecule has 0 aliphatic heterocycles. The van der Waals surface area contributed by atoms with Gasteiger partial charge in [0.15, 0.2) is 0 Å². The molecule has 0 atom stereocenters.